The molecule has 0 atom stereocenters. The van der Waals surface area contributed by atoms with Crippen molar-refractivity contribution >= 4 is 34.8 Å². The fraction of sp³-hybridized carbons (Fsp3) is 0.385. The zero-order chi connectivity index (χ0) is 13.8. The van der Waals surface area contributed by atoms with Crippen molar-refractivity contribution in [1.82, 2.24) is 4.90 Å². The normalized spacial score (nSPS) is 15.5. The minimum absolute atomic E-state index is 0.0513. The Balaban J connectivity index is 1.96. The van der Waals surface area contributed by atoms with Crippen LogP contribution in [0.25, 0.3) is 0 Å². The third kappa shape index (κ3) is 3.61. The first-order valence-electron chi connectivity index (χ1n) is 6.01. The largest absolute Gasteiger partial charge is 0.411 e. The fourth-order valence-electron chi connectivity index (χ4n) is 2.05. The second kappa shape index (κ2) is 6.26. The number of hydrogen-bond donors (Lipinski definition) is 1. The molecule has 19 heavy (non-hydrogen) atoms. The molecular formula is C13H14Cl2N2O2. The average molecular weight is 301 g/mol. The molecule has 1 amide bonds. The molecule has 4 nitrogen and oxygen atoms in total. The van der Waals surface area contributed by atoms with Crippen LogP contribution in [0.15, 0.2) is 23.4 Å². The van der Waals surface area contributed by atoms with E-state index in [2.05, 4.69) is 5.16 Å². The first-order chi connectivity index (χ1) is 9.10. The lowest BCUT2D eigenvalue weighted by Gasteiger charge is -2.27. The van der Waals surface area contributed by atoms with E-state index in [0.29, 0.717) is 42.4 Å². The van der Waals surface area contributed by atoms with Gasteiger partial charge >= 0.3 is 0 Å². The van der Waals surface area contributed by atoms with Gasteiger partial charge in [-0.15, -0.1) is 0 Å². The van der Waals surface area contributed by atoms with Crippen LogP contribution in [0.5, 0.6) is 0 Å². The molecule has 0 saturated carbocycles. The molecule has 1 aromatic rings. The van der Waals surface area contributed by atoms with Gasteiger partial charge in [0.05, 0.1) is 22.2 Å². The van der Waals surface area contributed by atoms with Crippen LogP contribution in [-0.2, 0) is 11.2 Å². The van der Waals surface area contributed by atoms with E-state index in [1.54, 1.807) is 23.1 Å². The molecule has 1 saturated heterocycles. The van der Waals surface area contributed by atoms with Crippen molar-refractivity contribution in [1.29, 1.82) is 0 Å². The smallest absolute Gasteiger partial charge is 0.227 e. The third-order valence-corrected chi connectivity index (χ3v) is 3.91. The topological polar surface area (TPSA) is 52.9 Å². The number of oxime groups is 1. The Morgan fingerprint density at radius 3 is 2.53 bits per heavy atom. The van der Waals surface area contributed by atoms with E-state index in [1.807, 2.05) is 0 Å². The molecular weight excluding hydrogens is 287 g/mol. The number of hydrogen-bond acceptors (Lipinski definition) is 3. The quantitative estimate of drug-likeness (QED) is 0.674. The van der Waals surface area contributed by atoms with E-state index in [0.717, 1.165) is 11.3 Å². The first kappa shape index (κ1) is 14.2. The Morgan fingerprint density at radius 1 is 1.26 bits per heavy atom. The van der Waals surface area contributed by atoms with Gasteiger partial charge in [0, 0.05) is 25.9 Å². The van der Waals surface area contributed by atoms with E-state index in [4.69, 9.17) is 28.4 Å². The van der Waals surface area contributed by atoms with Crippen molar-refractivity contribution < 1.29 is 10.0 Å². The van der Waals surface area contributed by atoms with Gasteiger partial charge in [0.15, 0.2) is 0 Å². The number of carbonyl (C=O) groups is 1. The molecule has 1 aliphatic rings. The summed E-state index contributed by atoms with van der Waals surface area (Å²) in [5.41, 5.74) is 1.60. The van der Waals surface area contributed by atoms with E-state index in [9.17, 15) is 4.79 Å². The molecule has 1 aliphatic heterocycles. The monoisotopic (exact) mass is 300 g/mol. The summed E-state index contributed by atoms with van der Waals surface area (Å²) >= 11 is 11.8. The van der Waals surface area contributed by atoms with Gasteiger partial charge < -0.3 is 10.1 Å². The zero-order valence-corrected chi connectivity index (χ0v) is 11.8. The van der Waals surface area contributed by atoms with Crippen LogP contribution in [0.1, 0.15) is 18.4 Å². The zero-order valence-electron chi connectivity index (χ0n) is 10.3. The number of rotatable bonds is 2. The molecule has 0 radical (unpaired) electrons. The summed E-state index contributed by atoms with van der Waals surface area (Å²) in [4.78, 5) is 13.9. The van der Waals surface area contributed by atoms with Gasteiger partial charge in [-0.25, -0.2) is 0 Å². The van der Waals surface area contributed by atoms with Crippen molar-refractivity contribution in [3.8, 4) is 0 Å². The summed E-state index contributed by atoms with van der Waals surface area (Å²) < 4.78 is 0. The lowest BCUT2D eigenvalue weighted by molar-refractivity contribution is -0.130. The van der Waals surface area contributed by atoms with Gasteiger partial charge in [-0.05, 0) is 17.7 Å². The molecule has 0 bridgehead atoms. The van der Waals surface area contributed by atoms with E-state index in [1.165, 1.54) is 0 Å². The minimum Gasteiger partial charge on any atom is -0.411 e. The summed E-state index contributed by atoms with van der Waals surface area (Å²) in [5.74, 6) is 0.0513. The number of halogens is 2. The van der Waals surface area contributed by atoms with Gasteiger partial charge in [-0.2, -0.15) is 0 Å². The Labute approximate surface area is 121 Å². The van der Waals surface area contributed by atoms with Crippen molar-refractivity contribution in [3.63, 3.8) is 0 Å². The van der Waals surface area contributed by atoms with Crippen LogP contribution >= 0.6 is 23.2 Å². The molecule has 2 rings (SSSR count). The Kier molecular flexibility index (Phi) is 4.66. The summed E-state index contributed by atoms with van der Waals surface area (Å²) in [6.45, 7) is 1.19. The molecule has 6 heteroatoms. The van der Waals surface area contributed by atoms with Crippen LogP contribution in [-0.4, -0.2) is 34.8 Å². The highest BCUT2D eigenvalue weighted by Crippen LogP contribution is 2.23. The Morgan fingerprint density at radius 2 is 1.95 bits per heavy atom. The summed E-state index contributed by atoms with van der Waals surface area (Å²) in [6, 6.07) is 5.21. The molecule has 1 fully saturated rings. The highest BCUT2D eigenvalue weighted by Gasteiger charge is 2.20. The molecule has 1 heterocycles. The Bertz CT molecular complexity index is 507. The number of likely N-dealkylation sites (tertiary alicyclic amines) is 1. The van der Waals surface area contributed by atoms with Gasteiger partial charge in [0.2, 0.25) is 5.91 Å². The highest BCUT2D eigenvalue weighted by atomic mass is 35.5. The molecule has 0 aliphatic carbocycles. The second-order valence-electron chi connectivity index (χ2n) is 4.47. The van der Waals surface area contributed by atoms with E-state index >= 15 is 0 Å². The SMILES string of the molecule is O=C(Cc1ccc(Cl)c(Cl)c1)N1CCC(=NO)CC1. The Hall–Kier alpha value is -1.26. The van der Waals surface area contributed by atoms with Crippen LogP contribution in [0, 0.1) is 0 Å². The maximum Gasteiger partial charge on any atom is 0.227 e. The highest BCUT2D eigenvalue weighted by molar-refractivity contribution is 6.42. The summed E-state index contributed by atoms with van der Waals surface area (Å²) in [7, 11) is 0. The van der Waals surface area contributed by atoms with Crippen molar-refractivity contribution in [2.24, 2.45) is 5.16 Å². The van der Waals surface area contributed by atoms with Crippen LogP contribution < -0.4 is 0 Å². The predicted octanol–water partition coefficient (Wildman–Crippen LogP) is 2.99. The molecule has 0 aromatic heterocycles. The second-order valence-corrected chi connectivity index (χ2v) is 5.29. The van der Waals surface area contributed by atoms with E-state index < -0.39 is 0 Å². The van der Waals surface area contributed by atoms with Crippen molar-refractivity contribution in [2.45, 2.75) is 19.3 Å². The van der Waals surface area contributed by atoms with Gasteiger partial charge in [-0.1, -0.05) is 34.4 Å². The van der Waals surface area contributed by atoms with Crippen LogP contribution in [0.2, 0.25) is 10.0 Å². The molecule has 0 spiro atoms. The summed E-state index contributed by atoms with van der Waals surface area (Å²) in [6.07, 6.45) is 1.57. The average Bonchev–Trinajstić information content (AvgIpc) is 2.43. The molecule has 0 unspecified atom stereocenters. The van der Waals surface area contributed by atoms with Crippen molar-refractivity contribution in [3.05, 3.63) is 33.8 Å². The fourth-order valence-corrected chi connectivity index (χ4v) is 2.37. The summed E-state index contributed by atoms with van der Waals surface area (Å²) in [5, 5.41) is 12.8. The maximum absolute atomic E-state index is 12.1. The third-order valence-electron chi connectivity index (χ3n) is 3.17. The van der Waals surface area contributed by atoms with E-state index in [-0.39, 0.29) is 5.91 Å². The van der Waals surface area contributed by atoms with Crippen LogP contribution in [0.4, 0.5) is 0 Å². The molecule has 1 aromatic carbocycles. The standard InChI is InChI=1S/C13H14Cl2N2O2/c14-11-2-1-9(7-12(11)15)8-13(18)17-5-3-10(16-19)4-6-17/h1-2,7,19H,3-6,8H2. The lowest BCUT2D eigenvalue weighted by Crippen LogP contribution is -2.39. The lowest BCUT2D eigenvalue weighted by atomic mass is 10.1. The molecule has 102 valence electrons. The number of benzene rings is 1. The predicted molar refractivity (Wildman–Crippen MR) is 75.2 cm³/mol. The minimum atomic E-state index is 0.0513. The van der Waals surface area contributed by atoms with Crippen LogP contribution in [0.3, 0.4) is 0 Å². The van der Waals surface area contributed by atoms with Gasteiger partial charge in [-0.3, -0.25) is 4.79 Å². The number of nitrogens with zero attached hydrogens (tertiary/aromatic N) is 2. The maximum atomic E-state index is 12.1. The number of amides is 1. The first-order valence-corrected chi connectivity index (χ1v) is 6.77. The van der Waals surface area contributed by atoms with Gasteiger partial charge in [0.1, 0.15) is 0 Å². The molecule has 1 N–H and O–H groups in total. The van der Waals surface area contributed by atoms with Gasteiger partial charge in [0.25, 0.3) is 0 Å². The number of piperidine rings is 1. The van der Waals surface area contributed by atoms with Crippen molar-refractivity contribution in [2.75, 3.05) is 13.1 Å². The number of carbonyl (C=O) groups excluding carboxylic acids is 1.